The third-order valence-corrected chi connectivity index (χ3v) is 6.57. The molecule has 4 N–H and O–H groups in total. The Hall–Kier alpha value is -4.60. The van der Waals surface area contributed by atoms with E-state index >= 15 is 0 Å². The number of aromatic carboxylic acids is 1. The number of likely N-dealkylation sites (tertiary alicyclic amines) is 1. The van der Waals surface area contributed by atoms with Crippen molar-refractivity contribution < 1.29 is 28.2 Å². The average molecular weight is 519 g/mol. The average Bonchev–Trinajstić information content (AvgIpc) is 3.46. The number of aryl methyl sites for hydroxylation is 1. The SMILES string of the molecule is Cc1ccccc1Nc1nc2ccc(CC(=O)N3CC(F)C[C@H]3COc3ccc(C(=O)O)cc3N)cc2o1. The number of ether oxygens (including phenoxy) is 1. The third kappa shape index (κ3) is 5.39. The lowest BCUT2D eigenvalue weighted by molar-refractivity contribution is -0.132. The van der Waals surface area contributed by atoms with E-state index in [0.29, 0.717) is 17.1 Å². The first-order valence-corrected chi connectivity index (χ1v) is 12.2. The van der Waals surface area contributed by atoms with E-state index in [4.69, 9.17) is 20.0 Å². The molecule has 1 aliphatic rings. The Bertz CT molecular complexity index is 1500. The topological polar surface area (TPSA) is 131 Å². The van der Waals surface area contributed by atoms with Crippen molar-refractivity contribution in [3.8, 4) is 5.75 Å². The van der Waals surface area contributed by atoms with E-state index in [1.54, 1.807) is 18.2 Å². The fourth-order valence-corrected chi connectivity index (χ4v) is 4.56. The molecule has 0 bridgehead atoms. The largest absolute Gasteiger partial charge is 0.489 e. The normalized spacial score (nSPS) is 17.1. The number of rotatable bonds is 8. The predicted octanol–water partition coefficient (Wildman–Crippen LogP) is 4.72. The molecular formula is C28H27FN4O5. The first-order valence-electron chi connectivity index (χ1n) is 12.2. The number of aromatic nitrogens is 1. The highest BCUT2D eigenvalue weighted by Crippen LogP contribution is 2.28. The molecule has 1 unspecified atom stereocenters. The minimum Gasteiger partial charge on any atom is -0.489 e. The fraction of sp³-hybridized carbons (Fsp3) is 0.250. The molecule has 5 rings (SSSR count). The minimum absolute atomic E-state index is 0.0185. The van der Waals surface area contributed by atoms with Crippen LogP contribution >= 0.6 is 0 Å². The van der Waals surface area contributed by atoms with E-state index in [1.807, 2.05) is 31.2 Å². The van der Waals surface area contributed by atoms with E-state index in [0.717, 1.165) is 16.8 Å². The van der Waals surface area contributed by atoms with E-state index in [9.17, 15) is 14.0 Å². The first kappa shape index (κ1) is 25.1. The number of alkyl halides is 1. The van der Waals surface area contributed by atoms with Gasteiger partial charge < -0.3 is 30.2 Å². The molecule has 1 fully saturated rings. The van der Waals surface area contributed by atoms with Gasteiger partial charge in [0.05, 0.1) is 30.3 Å². The maximum Gasteiger partial charge on any atom is 0.335 e. The Morgan fingerprint density at radius 2 is 2.03 bits per heavy atom. The lowest BCUT2D eigenvalue weighted by Gasteiger charge is -2.25. The predicted molar refractivity (Wildman–Crippen MR) is 140 cm³/mol. The van der Waals surface area contributed by atoms with Gasteiger partial charge in [0.2, 0.25) is 5.91 Å². The molecule has 2 heterocycles. The maximum absolute atomic E-state index is 14.3. The second-order valence-corrected chi connectivity index (χ2v) is 9.34. The van der Waals surface area contributed by atoms with E-state index in [1.165, 1.54) is 23.1 Å². The van der Waals surface area contributed by atoms with Crippen LogP contribution in [-0.2, 0) is 11.2 Å². The van der Waals surface area contributed by atoms with Crippen LogP contribution in [0.4, 0.5) is 21.8 Å². The molecule has 10 heteroatoms. The van der Waals surface area contributed by atoms with Gasteiger partial charge in [0.25, 0.3) is 6.01 Å². The number of carboxylic acids is 1. The van der Waals surface area contributed by atoms with Crippen LogP contribution in [0.25, 0.3) is 11.1 Å². The summed E-state index contributed by atoms with van der Waals surface area (Å²) in [5.74, 6) is -1.04. The van der Waals surface area contributed by atoms with Gasteiger partial charge in [-0.15, -0.1) is 0 Å². The van der Waals surface area contributed by atoms with Crippen molar-refractivity contribution >= 4 is 40.4 Å². The molecule has 196 valence electrons. The van der Waals surface area contributed by atoms with Crippen molar-refractivity contribution in [1.29, 1.82) is 0 Å². The number of oxazole rings is 1. The van der Waals surface area contributed by atoms with Gasteiger partial charge in [-0.1, -0.05) is 24.3 Å². The lowest BCUT2D eigenvalue weighted by atomic mass is 10.1. The lowest BCUT2D eigenvalue weighted by Crippen LogP contribution is -2.40. The minimum atomic E-state index is -1.16. The number of anilines is 3. The number of halogens is 1. The molecule has 1 aromatic heterocycles. The number of hydrogen-bond donors (Lipinski definition) is 3. The molecule has 4 aromatic rings. The molecule has 2 atom stereocenters. The number of fused-ring (bicyclic) bond motifs is 1. The number of nitrogens with one attached hydrogen (secondary N) is 1. The second-order valence-electron chi connectivity index (χ2n) is 9.34. The van der Waals surface area contributed by atoms with Gasteiger partial charge in [-0.25, -0.2) is 9.18 Å². The molecule has 0 radical (unpaired) electrons. The van der Waals surface area contributed by atoms with Crippen LogP contribution in [0.5, 0.6) is 5.75 Å². The fourth-order valence-electron chi connectivity index (χ4n) is 4.56. The molecule has 0 saturated carbocycles. The first-order chi connectivity index (χ1) is 18.3. The summed E-state index contributed by atoms with van der Waals surface area (Å²) < 4.78 is 25.9. The van der Waals surface area contributed by atoms with Gasteiger partial charge in [-0.05, 0) is 54.4 Å². The van der Waals surface area contributed by atoms with Crippen LogP contribution in [0.3, 0.4) is 0 Å². The summed E-state index contributed by atoms with van der Waals surface area (Å²) >= 11 is 0. The molecular weight excluding hydrogens is 491 g/mol. The van der Waals surface area contributed by atoms with Gasteiger partial charge in [0, 0.05) is 12.1 Å². The molecule has 38 heavy (non-hydrogen) atoms. The molecule has 0 aliphatic carbocycles. The number of nitrogens with zero attached hydrogens (tertiary/aromatic N) is 2. The molecule has 0 spiro atoms. The molecule has 1 aliphatic heterocycles. The van der Waals surface area contributed by atoms with E-state index < -0.39 is 18.2 Å². The van der Waals surface area contributed by atoms with Crippen molar-refractivity contribution in [2.45, 2.75) is 32.0 Å². The number of carbonyl (C=O) groups is 2. The van der Waals surface area contributed by atoms with Crippen molar-refractivity contribution in [3.63, 3.8) is 0 Å². The number of carboxylic acid groups (broad SMARTS) is 1. The van der Waals surface area contributed by atoms with Gasteiger partial charge >= 0.3 is 5.97 Å². The van der Waals surface area contributed by atoms with Crippen LogP contribution in [-0.4, -0.2) is 52.2 Å². The maximum atomic E-state index is 14.3. The highest BCUT2D eigenvalue weighted by molar-refractivity contribution is 5.89. The van der Waals surface area contributed by atoms with Crippen LogP contribution in [0.15, 0.2) is 65.1 Å². The summed E-state index contributed by atoms with van der Waals surface area (Å²) in [6.07, 6.45) is -0.949. The number of para-hydroxylation sites is 1. The summed E-state index contributed by atoms with van der Waals surface area (Å²) in [5, 5.41) is 12.3. The summed E-state index contributed by atoms with van der Waals surface area (Å²) in [6, 6.07) is 17.2. The van der Waals surface area contributed by atoms with Crippen molar-refractivity contribution in [3.05, 3.63) is 77.4 Å². The van der Waals surface area contributed by atoms with Crippen LogP contribution < -0.4 is 15.8 Å². The third-order valence-electron chi connectivity index (χ3n) is 6.57. The Labute approximate surface area is 218 Å². The highest BCUT2D eigenvalue weighted by atomic mass is 19.1. The van der Waals surface area contributed by atoms with Crippen molar-refractivity contribution in [1.82, 2.24) is 9.88 Å². The van der Waals surface area contributed by atoms with Gasteiger partial charge in [0.1, 0.15) is 24.0 Å². The number of carbonyl (C=O) groups excluding carboxylic acids is 1. The Morgan fingerprint density at radius 1 is 1.21 bits per heavy atom. The van der Waals surface area contributed by atoms with Crippen LogP contribution in [0.2, 0.25) is 0 Å². The number of amides is 1. The monoisotopic (exact) mass is 518 g/mol. The Morgan fingerprint density at radius 3 is 2.79 bits per heavy atom. The summed E-state index contributed by atoms with van der Waals surface area (Å²) in [5.41, 5.74) is 9.95. The smallest absolute Gasteiger partial charge is 0.335 e. The van der Waals surface area contributed by atoms with Crippen LogP contribution in [0.1, 0.15) is 27.9 Å². The zero-order chi connectivity index (χ0) is 26.8. The Kier molecular flexibility index (Phi) is 6.87. The van der Waals surface area contributed by atoms with Crippen molar-refractivity contribution in [2.24, 2.45) is 0 Å². The van der Waals surface area contributed by atoms with E-state index in [-0.39, 0.29) is 48.9 Å². The number of hydrogen-bond acceptors (Lipinski definition) is 7. The number of nitrogens with two attached hydrogens (primary N) is 1. The zero-order valence-electron chi connectivity index (χ0n) is 20.7. The molecule has 9 nitrogen and oxygen atoms in total. The summed E-state index contributed by atoms with van der Waals surface area (Å²) in [4.78, 5) is 30.2. The van der Waals surface area contributed by atoms with Crippen LogP contribution in [0, 0.1) is 6.92 Å². The summed E-state index contributed by atoms with van der Waals surface area (Å²) in [7, 11) is 0. The van der Waals surface area contributed by atoms with Gasteiger partial charge in [0.15, 0.2) is 5.58 Å². The van der Waals surface area contributed by atoms with Gasteiger partial charge in [-0.2, -0.15) is 4.98 Å². The van der Waals surface area contributed by atoms with Crippen molar-refractivity contribution in [2.75, 3.05) is 24.2 Å². The summed E-state index contributed by atoms with van der Waals surface area (Å²) in [6.45, 7) is 2.00. The highest BCUT2D eigenvalue weighted by Gasteiger charge is 2.35. The molecule has 1 saturated heterocycles. The number of nitrogen functional groups attached to an aromatic ring is 1. The van der Waals surface area contributed by atoms with Gasteiger partial charge in [-0.3, -0.25) is 4.79 Å². The number of benzene rings is 3. The molecule has 3 aromatic carbocycles. The zero-order valence-corrected chi connectivity index (χ0v) is 20.7. The van der Waals surface area contributed by atoms with E-state index in [2.05, 4.69) is 10.3 Å². The Balaban J connectivity index is 1.25. The quantitative estimate of drug-likeness (QED) is 0.286. The second kappa shape index (κ2) is 10.4. The molecule has 1 amide bonds. The standard InChI is InChI=1S/C28H27FN4O5/c1-16-4-2-3-5-22(16)31-28-32-23-8-6-17(10-25(23)38-28)11-26(34)33-14-19(29)13-20(33)15-37-24-9-7-18(27(35)36)12-21(24)30/h2-10,12,19-20H,11,13-15,30H2,1H3,(H,31,32)(H,35,36)/t19?,20-/m0/s1.